The van der Waals surface area contributed by atoms with Crippen LogP contribution in [0.15, 0.2) is 53.9 Å². The van der Waals surface area contributed by atoms with Crippen LogP contribution in [0.25, 0.3) is 11.4 Å². The van der Waals surface area contributed by atoms with Gasteiger partial charge in [0.2, 0.25) is 5.91 Å². The van der Waals surface area contributed by atoms with E-state index in [0.717, 1.165) is 11.4 Å². The fourth-order valence-electron chi connectivity index (χ4n) is 2.63. The van der Waals surface area contributed by atoms with Crippen molar-refractivity contribution in [2.75, 3.05) is 5.32 Å². The smallest absolute Gasteiger partial charge is 0.237 e. The van der Waals surface area contributed by atoms with Crippen LogP contribution in [0.2, 0.25) is 0 Å². The largest absolute Gasteiger partial charge is 0.325 e. The number of ketones is 1. The highest BCUT2D eigenvalue weighted by Gasteiger charge is 2.22. The lowest BCUT2D eigenvalue weighted by Gasteiger charge is -2.14. The van der Waals surface area contributed by atoms with E-state index in [1.807, 2.05) is 30.7 Å². The second-order valence-electron chi connectivity index (χ2n) is 6.24. The summed E-state index contributed by atoms with van der Waals surface area (Å²) < 4.78 is 1.87. The molecule has 7 nitrogen and oxygen atoms in total. The highest BCUT2D eigenvalue weighted by atomic mass is 32.2. The van der Waals surface area contributed by atoms with E-state index < -0.39 is 0 Å². The highest BCUT2D eigenvalue weighted by Crippen LogP contribution is 2.27. The van der Waals surface area contributed by atoms with Crippen molar-refractivity contribution < 1.29 is 9.59 Å². The molecule has 0 fully saturated rings. The summed E-state index contributed by atoms with van der Waals surface area (Å²) in [5.74, 6) is 0.601. The Morgan fingerprint density at radius 2 is 1.79 bits per heavy atom. The summed E-state index contributed by atoms with van der Waals surface area (Å²) >= 11 is 1.37. The van der Waals surface area contributed by atoms with Gasteiger partial charge in [0.05, 0.1) is 5.25 Å². The quantitative estimate of drug-likeness (QED) is 0.486. The Morgan fingerprint density at radius 1 is 1.11 bits per heavy atom. The number of pyridine rings is 1. The van der Waals surface area contributed by atoms with E-state index in [1.54, 1.807) is 36.7 Å². The summed E-state index contributed by atoms with van der Waals surface area (Å²) in [5.41, 5.74) is 2.19. The number of thioether (sulfide) groups is 1. The molecule has 1 aromatic carbocycles. The third-order valence-corrected chi connectivity index (χ3v) is 5.64. The zero-order valence-corrected chi connectivity index (χ0v) is 16.7. The summed E-state index contributed by atoms with van der Waals surface area (Å²) in [5, 5.41) is 11.7. The van der Waals surface area contributed by atoms with Gasteiger partial charge in [-0.15, -0.1) is 10.2 Å². The van der Waals surface area contributed by atoms with E-state index in [0.29, 0.717) is 22.8 Å². The molecule has 0 aliphatic heterocycles. The van der Waals surface area contributed by atoms with E-state index in [9.17, 15) is 9.59 Å². The molecule has 8 heteroatoms. The van der Waals surface area contributed by atoms with Gasteiger partial charge in [-0.1, -0.05) is 18.7 Å². The number of carbonyl (C=O) groups is 2. The summed E-state index contributed by atoms with van der Waals surface area (Å²) in [4.78, 5) is 28.1. The topological polar surface area (TPSA) is 89.8 Å². The lowest BCUT2D eigenvalue weighted by atomic mass is 10.1. The molecule has 1 amide bonds. The maximum Gasteiger partial charge on any atom is 0.237 e. The first kappa shape index (κ1) is 19.8. The van der Waals surface area contributed by atoms with Gasteiger partial charge < -0.3 is 9.88 Å². The molecule has 3 rings (SSSR count). The number of amides is 1. The Balaban J connectivity index is 1.71. The number of aromatic nitrogens is 4. The second kappa shape index (κ2) is 8.79. The number of anilines is 1. The zero-order chi connectivity index (χ0) is 20.1. The molecule has 0 unspecified atom stereocenters. The maximum absolute atomic E-state index is 12.7. The van der Waals surface area contributed by atoms with Crippen molar-refractivity contribution in [3.63, 3.8) is 0 Å². The van der Waals surface area contributed by atoms with Crippen molar-refractivity contribution >= 4 is 29.1 Å². The first-order chi connectivity index (χ1) is 13.5. The van der Waals surface area contributed by atoms with E-state index in [2.05, 4.69) is 20.5 Å². The first-order valence-corrected chi connectivity index (χ1v) is 9.76. The lowest BCUT2D eigenvalue weighted by molar-refractivity contribution is -0.115. The second-order valence-corrected chi connectivity index (χ2v) is 7.41. The van der Waals surface area contributed by atoms with Gasteiger partial charge in [-0.3, -0.25) is 14.6 Å². The fraction of sp³-hybridized carbons (Fsp3) is 0.250. The number of benzene rings is 1. The van der Waals surface area contributed by atoms with Gasteiger partial charge in [-0.2, -0.15) is 0 Å². The minimum absolute atomic E-state index is 0.00727. The van der Waals surface area contributed by atoms with Gasteiger partial charge in [0, 0.05) is 36.3 Å². The van der Waals surface area contributed by atoms with Gasteiger partial charge in [-0.05, 0) is 49.7 Å². The molecule has 2 heterocycles. The number of carbonyl (C=O) groups excluding carboxylic acids is 2. The minimum Gasteiger partial charge on any atom is -0.325 e. The van der Waals surface area contributed by atoms with Crippen molar-refractivity contribution in [1.29, 1.82) is 0 Å². The number of nitrogens with zero attached hydrogens (tertiary/aromatic N) is 4. The third kappa shape index (κ3) is 4.45. The lowest BCUT2D eigenvalue weighted by Crippen LogP contribution is -2.25. The van der Waals surface area contributed by atoms with E-state index in [4.69, 9.17) is 0 Å². The number of Topliss-reactive ketones (excluding diaryl/α,β-unsaturated/α-hetero) is 1. The third-order valence-electron chi connectivity index (χ3n) is 4.24. The van der Waals surface area contributed by atoms with Crippen LogP contribution in [0.4, 0.5) is 5.69 Å². The van der Waals surface area contributed by atoms with E-state index in [1.165, 1.54) is 18.7 Å². The van der Waals surface area contributed by atoms with Gasteiger partial charge in [0.1, 0.15) is 0 Å². The van der Waals surface area contributed by atoms with E-state index >= 15 is 0 Å². The molecule has 0 aliphatic carbocycles. The van der Waals surface area contributed by atoms with Crippen LogP contribution >= 0.6 is 11.8 Å². The number of rotatable bonds is 7. The molecule has 0 aliphatic rings. The predicted molar refractivity (Wildman–Crippen MR) is 109 cm³/mol. The SMILES string of the molecule is CC[C@H](Sc1nnc(-c2ccncc2)n1C)C(=O)Nc1ccc(C(C)=O)cc1. The van der Waals surface area contributed by atoms with Crippen LogP contribution in [-0.4, -0.2) is 36.7 Å². The van der Waals surface area contributed by atoms with Gasteiger partial charge in [0.15, 0.2) is 16.8 Å². The minimum atomic E-state index is -0.319. The van der Waals surface area contributed by atoms with Crippen molar-refractivity contribution in [2.45, 2.75) is 30.7 Å². The molecule has 144 valence electrons. The molecular formula is C20H21N5O2S. The van der Waals surface area contributed by atoms with Gasteiger partial charge in [-0.25, -0.2) is 0 Å². The van der Waals surface area contributed by atoms with Crippen LogP contribution < -0.4 is 5.32 Å². The van der Waals surface area contributed by atoms with E-state index in [-0.39, 0.29) is 16.9 Å². The van der Waals surface area contributed by atoms with Crippen LogP contribution in [0, 0.1) is 0 Å². The molecule has 1 atom stereocenters. The number of hydrogen-bond donors (Lipinski definition) is 1. The van der Waals surface area contributed by atoms with Crippen molar-refractivity contribution in [3.8, 4) is 11.4 Å². The van der Waals surface area contributed by atoms with Crippen molar-refractivity contribution in [3.05, 3.63) is 54.4 Å². The molecule has 0 radical (unpaired) electrons. The highest BCUT2D eigenvalue weighted by molar-refractivity contribution is 8.00. The summed E-state index contributed by atoms with van der Waals surface area (Å²) in [7, 11) is 1.88. The number of nitrogens with one attached hydrogen (secondary N) is 1. The Morgan fingerprint density at radius 3 is 2.39 bits per heavy atom. The first-order valence-electron chi connectivity index (χ1n) is 8.88. The molecule has 2 aromatic heterocycles. The number of hydrogen-bond acceptors (Lipinski definition) is 6. The van der Waals surface area contributed by atoms with Crippen LogP contribution in [0.1, 0.15) is 30.6 Å². The molecule has 3 aromatic rings. The molecular weight excluding hydrogens is 374 g/mol. The zero-order valence-electron chi connectivity index (χ0n) is 15.9. The summed E-state index contributed by atoms with van der Waals surface area (Å²) in [6.45, 7) is 3.47. The Kier molecular flexibility index (Phi) is 6.20. The van der Waals surface area contributed by atoms with Crippen LogP contribution in [0.3, 0.4) is 0 Å². The Hall–Kier alpha value is -3.00. The summed E-state index contributed by atoms with van der Waals surface area (Å²) in [6.07, 6.45) is 4.05. The molecule has 0 spiro atoms. The monoisotopic (exact) mass is 395 g/mol. The fourth-order valence-corrected chi connectivity index (χ4v) is 3.55. The van der Waals surface area contributed by atoms with Crippen molar-refractivity contribution in [2.24, 2.45) is 7.05 Å². The van der Waals surface area contributed by atoms with Gasteiger partial charge in [0.25, 0.3) is 0 Å². The molecule has 0 saturated carbocycles. The van der Waals surface area contributed by atoms with Crippen LogP contribution in [-0.2, 0) is 11.8 Å². The van der Waals surface area contributed by atoms with Gasteiger partial charge >= 0.3 is 0 Å². The summed E-state index contributed by atoms with van der Waals surface area (Å²) in [6, 6.07) is 10.6. The Labute approximate surface area is 167 Å². The molecule has 0 saturated heterocycles. The Bertz CT molecular complexity index is 970. The molecule has 0 bridgehead atoms. The molecule has 28 heavy (non-hydrogen) atoms. The van der Waals surface area contributed by atoms with Crippen LogP contribution in [0.5, 0.6) is 0 Å². The normalized spacial score (nSPS) is 11.8. The predicted octanol–water partition coefficient (Wildman–Crippen LogP) is 3.59. The standard InChI is InChI=1S/C20H21N5O2S/c1-4-17(19(27)22-16-7-5-14(6-8-16)13(2)26)28-20-24-23-18(25(20)3)15-9-11-21-12-10-15/h5-12,17H,4H2,1-3H3,(H,22,27)/t17-/m0/s1. The average Bonchev–Trinajstić information content (AvgIpc) is 3.07. The maximum atomic E-state index is 12.7. The van der Waals surface area contributed by atoms with Crippen molar-refractivity contribution in [1.82, 2.24) is 19.7 Å². The molecule has 1 N–H and O–H groups in total. The average molecular weight is 395 g/mol.